The Morgan fingerprint density at radius 2 is 1.04 bits per heavy atom. The van der Waals surface area contributed by atoms with E-state index in [0.29, 0.717) is 46.8 Å². The Morgan fingerprint density at radius 3 is 1.50 bits per heavy atom. The highest BCUT2D eigenvalue weighted by atomic mass is 35.5. The molecule has 0 spiro atoms. The molecule has 0 saturated heterocycles. The van der Waals surface area contributed by atoms with E-state index in [-0.39, 0.29) is 23.6 Å². The lowest BCUT2D eigenvalue weighted by Gasteiger charge is -2.10. The normalized spacial score (nSPS) is 11.9. The van der Waals surface area contributed by atoms with Crippen LogP contribution in [0.5, 0.6) is 11.8 Å². The van der Waals surface area contributed by atoms with Gasteiger partial charge in [0.2, 0.25) is 11.8 Å². The van der Waals surface area contributed by atoms with Crippen LogP contribution in [0.4, 0.5) is 17.1 Å². The first kappa shape index (κ1) is 39.1. The zero-order chi connectivity index (χ0) is 37.6. The summed E-state index contributed by atoms with van der Waals surface area (Å²) in [6.07, 6.45) is 1.91. The first-order chi connectivity index (χ1) is 24.9. The second kappa shape index (κ2) is 19.1. The summed E-state index contributed by atoms with van der Waals surface area (Å²) in [5.41, 5.74) is 8.43. The van der Waals surface area contributed by atoms with Crippen molar-refractivity contribution in [2.75, 3.05) is 33.2 Å². The molecule has 0 fully saturated rings. The van der Waals surface area contributed by atoms with E-state index in [4.69, 9.17) is 36.3 Å². The standard InChI is InChI=1S/C14H16N2O4.C14H18N2O2.C9H5ClN2O2/c1-10(19-2)7-8-20-14-6-4-11-3-5-12(16(17)18)9-13(11)15-14;1-10(17-2)7-8-18-14-6-4-11-3-5-12(15)9-13(11)16-14;10-9-4-2-6-1-3-7(12(13)14)5-8(6)11-9/h3-6,9-10H,7-8H2,1-2H3;3-6,9-10H,7-8,15H2,1-2H3;1-5H. The van der Waals surface area contributed by atoms with Crippen molar-refractivity contribution < 1.29 is 28.8 Å². The fraction of sp³-hybridized carbons (Fsp3) is 0.270. The topological polar surface area (TPSA) is 188 Å². The molecule has 6 rings (SSSR count). The molecule has 272 valence electrons. The molecule has 0 amide bonds. The van der Waals surface area contributed by atoms with Gasteiger partial charge in [-0.2, -0.15) is 0 Å². The van der Waals surface area contributed by atoms with Crippen LogP contribution in [0.15, 0.2) is 91.0 Å². The van der Waals surface area contributed by atoms with Gasteiger partial charge in [-0.15, -0.1) is 0 Å². The number of nitrogens with zero attached hydrogens (tertiary/aromatic N) is 5. The highest BCUT2D eigenvalue weighted by molar-refractivity contribution is 6.29. The molecule has 0 aliphatic carbocycles. The number of pyridine rings is 3. The number of hydrogen-bond acceptors (Lipinski definition) is 12. The predicted octanol–water partition coefficient (Wildman–Crippen LogP) is 8.36. The summed E-state index contributed by atoms with van der Waals surface area (Å²) in [5, 5.41) is 24.3. The molecule has 52 heavy (non-hydrogen) atoms. The van der Waals surface area contributed by atoms with E-state index in [2.05, 4.69) is 15.0 Å². The van der Waals surface area contributed by atoms with Crippen LogP contribution in [0.2, 0.25) is 5.15 Å². The van der Waals surface area contributed by atoms with Crippen molar-refractivity contribution in [1.82, 2.24) is 15.0 Å². The van der Waals surface area contributed by atoms with Crippen LogP contribution in [0.3, 0.4) is 0 Å². The number of ether oxygens (including phenoxy) is 4. The number of rotatable bonds is 12. The summed E-state index contributed by atoms with van der Waals surface area (Å²) in [5.74, 6) is 1.08. The molecular weight excluding hydrogens is 692 g/mol. The zero-order valence-corrected chi connectivity index (χ0v) is 29.9. The molecule has 3 heterocycles. The van der Waals surface area contributed by atoms with Gasteiger partial charge in [0.25, 0.3) is 11.4 Å². The number of fused-ring (bicyclic) bond motifs is 3. The molecule has 0 saturated carbocycles. The second-order valence-corrected chi connectivity index (χ2v) is 11.9. The van der Waals surface area contributed by atoms with Gasteiger partial charge in [0.05, 0.1) is 51.8 Å². The maximum absolute atomic E-state index is 10.7. The first-order valence-corrected chi connectivity index (χ1v) is 16.6. The third-order valence-electron chi connectivity index (χ3n) is 7.76. The van der Waals surface area contributed by atoms with Gasteiger partial charge in [-0.3, -0.25) is 20.2 Å². The van der Waals surface area contributed by atoms with E-state index in [1.54, 1.807) is 44.6 Å². The SMILES string of the molecule is COC(C)CCOc1ccc2ccc(N)cc2n1.COC(C)CCOc1ccc2ccc([N+](=O)[O-])cc2n1.O=[N+]([O-])c1ccc2ccc(Cl)nc2c1. The van der Waals surface area contributed by atoms with Crippen LogP contribution >= 0.6 is 11.6 Å². The van der Waals surface area contributed by atoms with Crippen molar-refractivity contribution in [2.24, 2.45) is 0 Å². The van der Waals surface area contributed by atoms with Gasteiger partial charge in [-0.1, -0.05) is 17.7 Å². The number of non-ortho nitro benzene ring substituents is 2. The minimum absolute atomic E-state index is 0.0206. The number of halogens is 1. The van der Waals surface area contributed by atoms with Gasteiger partial charge >= 0.3 is 0 Å². The lowest BCUT2D eigenvalue weighted by Crippen LogP contribution is -2.10. The Kier molecular flexibility index (Phi) is 14.3. The summed E-state index contributed by atoms with van der Waals surface area (Å²) in [7, 11) is 3.35. The Hall–Kier alpha value is -5.70. The quantitative estimate of drug-likeness (QED) is 0.0549. The van der Waals surface area contributed by atoms with Crippen LogP contribution in [-0.2, 0) is 9.47 Å². The van der Waals surface area contributed by atoms with Crippen molar-refractivity contribution in [1.29, 1.82) is 0 Å². The molecule has 2 unspecified atom stereocenters. The number of methoxy groups -OCH3 is 2. The van der Waals surface area contributed by atoms with Gasteiger partial charge < -0.3 is 24.7 Å². The molecule has 0 aliphatic heterocycles. The highest BCUT2D eigenvalue weighted by Crippen LogP contribution is 2.23. The van der Waals surface area contributed by atoms with Gasteiger partial charge in [0.1, 0.15) is 5.15 Å². The van der Waals surface area contributed by atoms with Crippen LogP contribution in [0.25, 0.3) is 32.7 Å². The van der Waals surface area contributed by atoms with E-state index in [0.717, 1.165) is 34.5 Å². The van der Waals surface area contributed by atoms with Crippen molar-refractivity contribution in [3.05, 3.63) is 116 Å². The number of anilines is 1. The summed E-state index contributed by atoms with van der Waals surface area (Å²) in [6, 6.07) is 25.6. The average Bonchev–Trinajstić information content (AvgIpc) is 3.14. The summed E-state index contributed by atoms with van der Waals surface area (Å²) >= 11 is 5.67. The Bertz CT molecular complexity index is 2140. The molecule has 3 aromatic carbocycles. The molecule has 0 radical (unpaired) electrons. The van der Waals surface area contributed by atoms with Crippen LogP contribution in [-0.4, -0.2) is 64.4 Å². The number of hydrogen-bond donors (Lipinski definition) is 1. The molecule has 2 atom stereocenters. The Balaban J connectivity index is 0.000000177. The number of benzene rings is 3. The fourth-order valence-corrected chi connectivity index (χ4v) is 4.72. The number of aromatic nitrogens is 3. The van der Waals surface area contributed by atoms with E-state index >= 15 is 0 Å². The molecule has 2 N–H and O–H groups in total. The molecule has 0 bridgehead atoms. The molecule has 0 aliphatic rings. The van der Waals surface area contributed by atoms with E-state index in [1.807, 2.05) is 50.2 Å². The average molecular weight is 731 g/mol. The van der Waals surface area contributed by atoms with Gasteiger partial charge in [0.15, 0.2) is 0 Å². The fourth-order valence-electron chi connectivity index (χ4n) is 4.57. The lowest BCUT2D eigenvalue weighted by molar-refractivity contribution is -0.384. The lowest BCUT2D eigenvalue weighted by atomic mass is 10.2. The van der Waals surface area contributed by atoms with Crippen molar-refractivity contribution in [3.8, 4) is 11.8 Å². The van der Waals surface area contributed by atoms with Gasteiger partial charge in [-0.25, -0.2) is 15.0 Å². The molecule has 3 aromatic heterocycles. The van der Waals surface area contributed by atoms with Gasteiger partial charge in [-0.05, 0) is 62.4 Å². The summed E-state index contributed by atoms with van der Waals surface area (Å²) in [4.78, 5) is 33.0. The zero-order valence-electron chi connectivity index (χ0n) is 29.1. The molecular formula is C37H39ClN6O8. The third kappa shape index (κ3) is 11.7. The maximum Gasteiger partial charge on any atom is 0.271 e. The molecule has 6 aromatic rings. The van der Waals surface area contributed by atoms with Crippen molar-refractivity contribution in [3.63, 3.8) is 0 Å². The second-order valence-electron chi connectivity index (χ2n) is 11.5. The number of nitro benzene ring substituents is 2. The monoisotopic (exact) mass is 730 g/mol. The largest absolute Gasteiger partial charge is 0.478 e. The summed E-state index contributed by atoms with van der Waals surface area (Å²) < 4.78 is 21.4. The molecule has 14 nitrogen and oxygen atoms in total. The van der Waals surface area contributed by atoms with E-state index in [9.17, 15) is 20.2 Å². The minimum Gasteiger partial charge on any atom is -0.478 e. The predicted molar refractivity (Wildman–Crippen MR) is 201 cm³/mol. The Morgan fingerprint density at radius 1 is 0.635 bits per heavy atom. The van der Waals surface area contributed by atoms with E-state index < -0.39 is 9.85 Å². The summed E-state index contributed by atoms with van der Waals surface area (Å²) in [6.45, 7) is 5.05. The number of nitrogens with two attached hydrogens (primary N) is 1. The first-order valence-electron chi connectivity index (χ1n) is 16.2. The maximum atomic E-state index is 10.7. The van der Waals surface area contributed by atoms with Gasteiger partial charge in [0, 0.05) is 85.3 Å². The number of nitro groups is 2. The van der Waals surface area contributed by atoms with Crippen LogP contribution in [0, 0.1) is 20.2 Å². The van der Waals surface area contributed by atoms with Crippen LogP contribution < -0.4 is 15.2 Å². The van der Waals surface area contributed by atoms with Crippen molar-refractivity contribution >= 4 is 61.4 Å². The smallest absolute Gasteiger partial charge is 0.271 e. The highest BCUT2D eigenvalue weighted by Gasteiger charge is 2.09. The van der Waals surface area contributed by atoms with Crippen LogP contribution in [0.1, 0.15) is 26.7 Å². The third-order valence-corrected chi connectivity index (χ3v) is 7.97. The number of nitrogen functional groups attached to an aromatic ring is 1. The molecule has 15 heteroatoms. The minimum atomic E-state index is -0.456. The van der Waals surface area contributed by atoms with E-state index in [1.165, 1.54) is 24.3 Å². The Labute approximate surface area is 304 Å². The van der Waals surface area contributed by atoms with Crippen molar-refractivity contribution in [2.45, 2.75) is 38.9 Å².